The number of phosphoric ester groups is 1. The maximum absolute atomic E-state index is 13.8. The zero-order valence-corrected chi connectivity index (χ0v) is 41.5. The lowest BCUT2D eigenvalue weighted by Crippen LogP contribution is -2.36. The highest BCUT2D eigenvalue weighted by Crippen LogP contribution is 2.45. The van der Waals surface area contributed by atoms with E-state index in [2.05, 4.69) is 20.8 Å². The van der Waals surface area contributed by atoms with Crippen LogP contribution in [-0.4, -0.2) is 43.0 Å². The van der Waals surface area contributed by atoms with Crippen molar-refractivity contribution in [1.82, 2.24) is 0 Å². The van der Waals surface area contributed by atoms with E-state index in [9.17, 15) is 14.3 Å². The Kier molecular flexibility index (Phi) is 46.1. The summed E-state index contributed by atoms with van der Waals surface area (Å²) in [4.78, 5) is 24.3. The minimum atomic E-state index is -4.52. The number of esters is 1. The molecule has 0 rings (SSSR count). The second-order valence-corrected chi connectivity index (χ2v) is 19.6. The molecule has 0 aromatic heterocycles. The van der Waals surface area contributed by atoms with Gasteiger partial charge in [0.2, 0.25) is 6.29 Å². The van der Waals surface area contributed by atoms with Crippen molar-refractivity contribution in [3.63, 3.8) is 0 Å². The Morgan fingerprint density at radius 1 is 0.483 bits per heavy atom. The van der Waals surface area contributed by atoms with Crippen molar-refractivity contribution in [2.75, 3.05) is 19.8 Å². The van der Waals surface area contributed by atoms with E-state index in [-0.39, 0.29) is 25.0 Å². The predicted octanol–water partition coefficient (Wildman–Crippen LogP) is 16.6. The van der Waals surface area contributed by atoms with Crippen LogP contribution in [0.25, 0.3) is 0 Å². The highest BCUT2D eigenvalue weighted by atomic mass is 31.2. The molecule has 3 atom stereocenters. The highest BCUT2D eigenvalue weighted by Gasteiger charge is 2.35. The lowest BCUT2D eigenvalue weighted by atomic mass is 9.94. The summed E-state index contributed by atoms with van der Waals surface area (Å²) in [7, 11) is -4.52. The van der Waals surface area contributed by atoms with Gasteiger partial charge in [0.15, 0.2) is 0 Å². The van der Waals surface area contributed by atoms with Gasteiger partial charge in [0, 0.05) is 13.2 Å². The summed E-state index contributed by atoms with van der Waals surface area (Å²) in [6.07, 6.45) is 47.9. The van der Waals surface area contributed by atoms with Gasteiger partial charge in [-0.1, -0.05) is 258 Å². The fourth-order valence-electron chi connectivity index (χ4n) is 8.23. The van der Waals surface area contributed by atoms with Crippen molar-refractivity contribution in [3.05, 3.63) is 0 Å². The topological polar surface area (TPSA) is 117 Å². The van der Waals surface area contributed by atoms with Crippen molar-refractivity contribution in [3.8, 4) is 0 Å². The molecule has 2 unspecified atom stereocenters. The van der Waals surface area contributed by atoms with Gasteiger partial charge in [0.05, 0.1) is 12.5 Å². The third-order valence-corrected chi connectivity index (χ3v) is 13.2. The number of unbranched alkanes of at least 4 members (excludes halogenated alkanes) is 35. The Morgan fingerprint density at radius 3 is 1.10 bits per heavy atom. The molecule has 0 amide bonds. The van der Waals surface area contributed by atoms with E-state index in [0.29, 0.717) is 6.61 Å². The van der Waals surface area contributed by atoms with E-state index < -0.39 is 20.2 Å². The first kappa shape index (κ1) is 59.5. The summed E-state index contributed by atoms with van der Waals surface area (Å²) >= 11 is 0. The zero-order valence-electron chi connectivity index (χ0n) is 40.6. The molecule has 9 heteroatoms. The van der Waals surface area contributed by atoms with Crippen molar-refractivity contribution >= 4 is 13.8 Å². The molecule has 0 bridgehead atoms. The monoisotopic (exact) mass is 874 g/mol. The molecule has 60 heavy (non-hydrogen) atoms. The molecular formula is C51H104NO7P. The molecule has 360 valence electrons. The van der Waals surface area contributed by atoms with E-state index in [1.807, 2.05) is 0 Å². The van der Waals surface area contributed by atoms with Gasteiger partial charge in [-0.05, 0) is 26.2 Å². The van der Waals surface area contributed by atoms with E-state index >= 15 is 0 Å². The zero-order chi connectivity index (χ0) is 44.0. The second kappa shape index (κ2) is 46.5. The number of phosphoric acid groups is 1. The quantitative estimate of drug-likeness (QED) is 0.0269. The van der Waals surface area contributed by atoms with Gasteiger partial charge in [-0.2, -0.15) is 0 Å². The minimum absolute atomic E-state index is 0.0731. The van der Waals surface area contributed by atoms with Crippen LogP contribution in [0.3, 0.4) is 0 Å². The van der Waals surface area contributed by atoms with E-state index in [1.165, 1.54) is 205 Å². The number of rotatable bonds is 50. The van der Waals surface area contributed by atoms with Gasteiger partial charge in [-0.3, -0.25) is 9.32 Å². The van der Waals surface area contributed by atoms with Crippen LogP contribution < -0.4 is 5.73 Å². The number of nitrogens with two attached hydrogens (primary N) is 1. The van der Waals surface area contributed by atoms with Crippen LogP contribution in [0.4, 0.5) is 0 Å². The summed E-state index contributed by atoms with van der Waals surface area (Å²) in [5, 5.41) is 0. The van der Waals surface area contributed by atoms with Gasteiger partial charge in [0.25, 0.3) is 0 Å². The average Bonchev–Trinajstić information content (AvgIpc) is 3.23. The van der Waals surface area contributed by atoms with Gasteiger partial charge in [-0.15, -0.1) is 0 Å². The van der Waals surface area contributed by atoms with E-state index in [4.69, 9.17) is 24.3 Å². The molecule has 0 aliphatic rings. The van der Waals surface area contributed by atoms with Crippen LogP contribution >= 0.6 is 7.82 Å². The van der Waals surface area contributed by atoms with Crippen molar-refractivity contribution in [1.29, 1.82) is 0 Å². The van der Waals surface area contributed by atoms with E-state index in [0.717, 1.165) is 51.4 Å². The van der Waals surface area contributed by atoms with Crippen molar-refractivity contribution in [2.45, 2.75) is 297 Å². The Balaban J connectivity index is 4.96. The van der Waals surface area contributed by atoms with Gasteiger partial charge in [-0.25, -0.2) is 9.09 Å². The fraction of sp³-hybridized carbons (Fsp3) is 0.980. The largest absolute Gasteiger partial charge is 0.475 e. The van der Waals surface area contributed by atoms with Gasteiger partial charge in [0.1, 0.15) is 6.10 Å². The normalized spacial score (nSPS) is 13.8. The number of hydrogen-bond donors (Lipinski definition) is 2. The van der Waals surface area contributed by atoms with Gasteiger partial charge < -0.3 is 20.1 Å². The van der Waals surface area contributed by atoms with Crippen LogP contribution in [-0.2, 0) is 27.9 Å². The molecule has 0 aromatic carbocycles. The minimum Gasteiger partial charge on any atom is -0.432 e. The molecule has 0 aliphatic carbocycles. The number of carbonyl (C=O) groups is 1. The number of carbonyl (C=O) groups excluding carboxylic acids is 1. The molecule has 0 saturated heterocycles. The molecular weight excluding hydrogens is 770 g/mol. The Bertz CT molecular complexity index is 896. The van der Waals surface area contributed by atoms with Crippen LogP contribution in [0.5, 0.6) is 0 Å². The second-order valence-electron chi connectivity index (χ2n) is 18.2. The van der Waals surface area contributed by atoms with Crippen LogP contribution in [0.15, 0.2) is 0 Å². The summed E-state index contributed by atoms with van der Waals surface area (Å²) < 4.78 is 35.4. The molecule has 0 heterocycles. The highest BCUT2D eigenvalue weighted by molar-refractivity contribution is 7.47. The predicted molar refractivity (Wildman–Crippen MR) is 256 cm³/mol. The third kappa shape index (κ3) is 41.5. The molecule has 0 radical (unpaired) electrons. The number of hydrogen-bond acceptors (Lipinski definition) is 7. The van der Waals surface area contributed by atoms with Crippen molar-refractivity contribution in [2.24, 2.45) is 11.7 Å². The third-order valence-electron chi connectivity index (χ3n) is 12.2. The Hall–Kier alpha value is -0.500. The van der Waals surface area contributed by atoms with Crippen LogP contribution in [0, 0.1) is 5.92 Å². The van der Waals surface area contributed by atoms with E-state index in [1.54, 1.807) is 6.92 Å². The van der Waals surface area contributed by atoms with Crippen LogP contribution in [0.2, 0.25) is 0 Å². The molecule has 3 N–H and O–H groups in total. The fourth-order valence-corrected chi connectivity index (χ4v) is 9.11. The standard InChI is InChI=1S/C51H104NO7P/c1-5-8-11-14-17-20-23-26-27-30-33-36-39-42-46-56-48(4)51(59-60(54,55)57-47-45-52)58-50(53)49(43-40-37-34-31-28-24-21-18-15-12-9-6-2)44-41-38-35-32-29-25-22-19-16-13-10-7-3/h48-49,51H,5-47,52H2,1-4H3,(H,54,55)/t48-,51?/m1/s1. The molecule has 0 aromatic rings. The summed E-state index contributed by atoms with van der Waals surface area (Å²) in [6, 6.07) is 0. The molecule has 8 nitrogen and oxygen atoms in total. The summed E-state index contributed by atoms with van der Waals surface area (Å²) in [5.74, 6) is -0.639. The lowest BCUT2D eigenvalue weighted by molar-refractivity contribution is -0.192. The van der Waals surface area contributed by atoms with Gasteiger partial charge >= 0.3 is 13.8 Å². The Labute approximate surface area is 373 Å². The smallest absolute Gasteiger partial charge is 0.432 e. The molecule has 0 spiro atoms. The maximum atomic E-state index is 13.8. The average molecular weight is 874 g/mol. The SMILES string of the molecule is CCCCCCCCCCCCCCCCO[C@H](C)C(OC(=O)C(CCCCCCCCCCCCCC)CCCCCCCCCCCCCC)OP(=O)(O)OCCN. The van der Waals surface area contributed by atoms with Crippen molar-refractivity contribution < 1.29 is 32.8 Å². The maximum Gasteiger partial charge on any atom is 0.475 e. The van der Waals surface area contributed by atoms with Crippen LogP contribution in [0.1, 0.15) is 285 Å². The molecule has 0 aliphatic heterocycles. The first-order chi connectivity index (χ1) is 29.3. The summed E-state index contributed by atoms with van der Waals surface area (Å²) in [6.45, 7) is 8.96. The first-order valence-electron chi connectivity index (χ1n) is 26.5. The summed E-state index contributed by atoms with van der Waals surface area (Å²) in [5.41, 5.74) is 5.53. The molecule has 0 fully saturated rings. The number of ether oxygens (including phenoxy) is 2. The Morgan fingerprint density at radius 2 is 0.783 bits per heavy atom. The molecule has 0 saturated carbocycles. The lowest BCUT2D eigenvalue weighted by Gasteiger charge is -2.27. The first-order valence-corrected chi connectivity index (χ1v) is 28.0.